The van der Waals surface area contributed by atoms with Crippen LogP contribution in [0.4, 0.5) is 5.69 Å². The number of ketones is 1. The summed E-state index contributed by atoms with van der Waals surface area (Å²) < 4.78 is 5.30. The number of nitrogens with zero attached hydrogens (tertiary/aromatic N) is 1. The molecule has 0 bridgehead atoms. The van der Waals surface area contributed by atoms with Crippen LogP contribution in [-0.4, -0.2) is 24.6 Å². The second kappa shape index (κ2) is 10.6. The number of hydrogen-bond acceptors (Lipinski definition) is 6. The highest BCUT2D eigenvalue weighted by atomic mass is 32.2. The van der Waals surface area contributed by atoms with Crippen LogP contribution < -0.4 is 15.4 Å². The van der Waals surface area contributed by atoms with Gasteiger partial charge in [0.1, 0.15) is 5.75 Å². The third kappa shape index (κ3) is 5.50. The minimum Gasteiger partial charge on any atom is -0.497 e. The minimum atomic E-state index is -0.479. The van der Waals surface area contributed by atoms with E-state index in [2.05, 4.69) is 37.5 Å². The molecule has 1 aliphatic carbocycles. The monoisotopic (exact) mass is 501 g/mol. The number of dihydropyridines is 1. The predicted molar refractivity (Wildman–Crippen MR) is 143 cm³/mol. The van der Waals surface area contributed by atoms with E-state index in [0.29, 0.717) is 34.8 Å². The van der Waals surface area contributed by atoms with E-state index in [0.717, 1.165) is 23.4 Å². The smallest absolute Gasteiger partial charge is 0.234 e. The summed E-state index contributed by atoms with van der Waals surface area (Å²) in [4.78, 5) is 26.0. The van der Waals surface area contributed by atoms with E-state index < -0.39 is 5.92 Å². The Hall–Kier alpha value is -3.50. The molecule has 0 saturated carbocycles. The van der Waals surface area contributed by atoms with Crippen molar-refractivity contribution in [3.63, 3.8) is 0 Å². The van der Waals surface area contributed by atoms with Gasteiger partial charge < -0.3 is 15.4 Å². The summed E-state index contributed by atoms with van der Waals surface area (Å²) in [7, 11) is 1.60. The average Bonchev–Trinajstić information content (AvgIpc) is 2.86. The van der Waals surface area contributed by atoms with Gasteiger partial charge in [0.25, 0.3) is 0 Å². The third-order valence-electron chi connectivity index (χ3n) is 6.57. The Labute approximate surface area is 216 Å². The van der Waals surface area contributed by atoms with Gasteiger partial charge in [0.15, 0.2) is 5.78 Å². The lowest BCUT2D eigenvalue weighted by molar-refractivity contribution is -0.118. The van der Waals surface area contributed by atoms with Gasteiger partial charge in [-0.25, -0.2) is 0 Å². The first kappa shape index (κ1) is 25.6. The molecule has 1 amide bonds. The van der Waals surface area contributed by atoms with E-state index in [-0.39, 0.29) is 22.9 Å². The molecule has 2 aromatic rings. The molecule has 2 aromatic carbocycles. The maximum Gasteiger partial charge on any atom is 0.234 e. The van der Waals surface area contributed by atoms with Gasteiger partial charge in [0.05, 0.1) is 35.5 Å². The van der Waals surface area contributed by atoms with Crippen molar-refractivity contribution in [2.24, 2.45) is 5.41 Å². The largest absolute Gasteiger partial charge is 0.497 e. The number of benzene rings is 2. The second-order valence-corrected chi connectivity index (χ2v) is 10.9. The van der Waals surface area contributed by atoms with E-state index in [1.54, 1.807) is 7.11 Å². The Morgan fingerprint density at radius 2 is 1.86 bits per heavy atom. The SMILES string of the molecule is CCc1ccc(NC(=O)CSC2=C(C#N)[C@H](c3ccc(OC)cc3)C3=C(CC(C)(C)CC3=O)N2)cc1. The van der Waals surface area contributed by atoms with Crippen molar-refractivity contribution < 1.29 is 14.3 Å². The summed E-state index contributed by atoms with van der Waals surface area (Å²) in [6.45, 7) is 6.24. The lowest BCUT2D eigenvalue weighted by Gasteiger charge is -2.39. The molecule has 0 aromatic heterocycles. The van der Waals surface area contributed by atoms with Crippen molar-refractivity contribution in [1.29, 1.82) is 5.26 Å². The van der Waals surface area contributed by atoms with Crippen molar-refractivity contribution in [2.75, 3.05) is 18.2 Å². The van der Waals surface area contributed by atoms with Gasteiger partial charge in [-0.1, -0.05) is 56.8 Å². The first-order valence-electron chi connectivity index (χ1n) is 12.1. The summed E-state index contributed by atoms with van der Waals surface area (Å²) in [6, 6.07) is 17.6. The number of rotatable bonds is 7. The summed E-state index contributed by atoms with van der Waals surface area (Å²) in [6.07, 6.45) is 2.06. The Morgan fingerprint density at radius 1 is 1.17 bits per heavy atom. The normalized spacial score (nSPS) is 18.8. The number of Topliss-reactive ketones (excluding diaryl/α,β-unsaturated/α-hetero) is 1. The third-order valence-corrected chi connectivity index (χ3v) is 7.59. The molecule has 0 spiro atoms. The van der Waals surface area contributed by atoms with Crippen molar-refractivity contribution >= 4 is 29.1 Å². The number of nitriles is 1. The van der Waals surface area contributed by atoms with E-state index in [1.165, 1.54) is 17.3 Å². The molecule has 2 aliphatic rings. The molecule has 186 valence electrons. The molecule has 4 rings (SSSR count). The molecular formula is C29H31N3O3S. The van der Waals surface area contributed by atoms with E-state index >= 15 is 0 Å². The zero-order valence-electron chi connectivity index (χ0n) is 21.1. The van der Waals surface area contributed by atoms with Crippen LogP contribution in [0.5, 0.6) is 5.75 Å². The molecule has 0 unspecified atom stereocenters. The molecule has 1 heterocycles. The van der Waals surface area contributed by atoms with Crippen LogP contribution in [0.15, 0.2) is 70.4 Å². The first-order valence-corrected chi connectivity index (χ1v) is 13.1. The molecular weight excluding hydrogens is 470 g/mol. The van der Waals surface area contributed by atoms with Crippen molar-refractivity contribution in [3.8, 4) is 11.8 Å². The number of amides is 1. The standard InChI is InChI=1S/C29H31N3O3S/c1-5-18-6-10-20(11-7-18)31-25(34)17-36-28-22(16-30)26(19-8-12-21(35-4)13-9-19)27-23(32-28)14-29(2,3)15-24(27)33/h6-13,26,32H,5,14-15,17H2,1-4H3,(H,31,34)/t26-/m0/s1. The number of methoxy groups -OCH3 is 1. The molecule has 1 atom stereocenters. The molecule has 0 saturated heterocycles. The number of carbonyl (C=O) groups excluding carboxylic acids is 2. The lowest BCUT2D eigenvalue weighted by Crippen LogP contribution is -2.37. The molecule has 7 heteroatoms. The van der Waals surface area contributed by atoms with Crippen LogP contribution in [0.25, 0.3) is 0 Å². The number of ether oxygens (including phenoxy) is 1. The summed E-state index contributed by atoms with van der Waals surface area (Å²) in [5, 5.41) is 17.1. The molecule has 2 N–H and O–H groups in total. The van der Waals surface area contributed by atoms with Gasteiger partial charge in [-0.2, -0.15) is 5.26 Å². The van der Waals surface area contributed by atoms with Gasteiger partial charge in [-0.3, -0.25) is 9.59 Å². The number of thioether (sulfide) groups is 1. The summed E-state index contributed by atoms with van der Waals surface area (Å²) >= 11 is 1.29. The maximum atomic E-state index is 13.3. The Morgan fingerprint density at radius 3 is 2.47 bits per heavy atom. The van der Waals surface area contributed by atoms with Gasteiger partial charge in [0, 0.05) is 23.4 Å². The van der Waals surface area contributed by atoms with Crippen LogP contribution in [0, 0.1) is 16.7 Å². The quantitative estimate of drug-likeness (QED) is 0.506. The van der Waals surface area contributed by atoms with Crippen LogP contribution in [0.3, 0.4) is 0 Å². The topological polar surface area (TPSA) is 91.2 Å². The zero-order chi connectivity index (χ0) is 25.9. The van der Waals surface area contributed by atoms with Crippen molar-refractivity contribution in [3.05, 3.63) is 81.5 Å². The lowest BCUT2D eigenvalue weighted by atomic mass is 9.69. The second-order valence-electron chi connectivity index (χ2n) is 9.91. The molecule has 6 nitrogen and oxygen atoms in total. The Bertz CT molecular complexity index is 1270. The van der Waals surface area contributed by atoms with E-state index in [1.807, 2.05) is 48.5 Å². The number of hydrogen-bond donors (Lipinski definition) is 2. The van der Waals surface area contributed by atoms with Gasteiger partial charge in [0.2, 0.25) is 5.91 Å². The van der Waals surface area contributed by atoms with Crippen LogP contribution >= 0.6 is 11.8 Å². The predicted octanol–water partition coefficient (Wildman–Crippen LogP) is 5.69. The first-order chi connectivity index (χ1) is 17.2. The number of anilines is 1. The highest BCUT2D eigenvalue weighted by Gasteiger charge is 2.42. The number of carbonyl (C=O) groups is 2. The summed E-state index contributed by atoms with van der Waals surface area (Å²) in [5.74, 6) is 0.265. The van der Waals surface area contributed by atoms with Crippen LogP contribution in [0.1, 0.15) is 50.7 Å². The number of aryl methyl sites for hydroxylation is 1. The maximum absolute atomic E-state index is 13.3. The zero-order valence-corrected chi connectivity index (χ0v) is 21.9. The van der Waals surface area contributed by atoms with E-state index in [9.17, 15) is 14.9 Å². The summed E-state index contributed by atoms with van der Waals surface area (Å²) in [5.41, 5.74) is 4.57. The fourth-order valence-corrected chi connectivity index (χ4v) is 5.64. The van der Waals surface area contributed by atoms with Crippen molar-refractivity contribution in [2.45, 2.75) is 46.0 Å². The molecule has 0 radical (unpaired) electrons. The van der Waals surface area contributed by atoms with Gasteiger partial charge >= 0.3 is 0 Å². The molecule has 36 heavy (non-hydrogen) atoms. The number of nitrogens with one attached hydrogen (secondary N) is 2. The number of allylic oxidation sites excluding steroid dienone is 3. The van der Waals surface area contributed by atoms with Gasteiger partial charge in [-0.05, 0) is 53.6 Å². The van der Waals surface area contributed by atoms with Crippen molar-refractivity contribution in [1.82, 2.24) is 5.32 Å². The fraction of sp³-hybridized carbons (Fsp3) is 0.345. The fourth-order valence-electron chi connectivity index (χ4n) is 4.78. The Kier molecular flexibility index (Phi) is 7.56. The highest BCUT2D eigenvalue weighted by Crippen LogP contribution is 2.48. The van der Waals surface area contributed by atoms with Crippen LogP contribution in [0.2, 0.25) is 0 Å². The molecule has 1 aliphatic heterocycles. The van der Waals surface area contributed by atoms with Crippen LogP contribution in [-0.2, 0) is 16.0 Å². The Balaban J connectivity index is 1.62. The molecule has 0 fully saturated rings. The average molecular weight is 502 g/mol. The van der Waals surface area contributed by atoms with Gasteiger partial charge in [-0.15, -0.1) is 0 Å². The highest BCUT2D eigenvalue weighted by molar-refractivity contribution is 8.03. The van der Waals surface area contributed by atoms with E-state index in [4.69, 9.17) is 4.74 Å². The minimum absolute atomic E-state index is 0.0552.